The van der Waals surface area contributed by atoms with Crippen LogP contribution in [-0.2, 0) is 11.2 Å². The third-order valence-electron chi connectivity index (χ3n) is 5.52. The maximum Gasteiger partial charge on any atom is 0.304 e. The summed E-state index contributed by atoms with van der Waals surface area (Å²) in [5.74, 6) is -1.27. The van der Waals surface area contributed by atoms with Crippen molar-refractivity contribution in [3.05, 3.63) is 53.6 Å². The molecule has 1 aliphatic rings. The van der Waals surface area contributed by atoms with Gasteiger partial charge in [0.25, 0.3) is 0 Å². The number of hydrogen-bond donors (Lipinski definition) is 0. The van der Waals surface area contributed by atoms with Crippen molar-refractivity contribution < 1.29 is 23.0 Å². The van der Waals surface area contributed by atoms with Crippen molar-refractivity contribution in [1.82, 2.24) is 9.55 Å². The minimum atomic E-state index is -0.591. The molecule has 0 amide bonds. The van der Waals surface area contributed by atoms with Crippen LogP contribution in [0.4, 0.5) is 14.5 Å². The van der Waals surface area contributed by atoms with E-state index >= 15 is 0 Å². The van der Waals surface area contributed by atoms with Crippen LogP contribution in [0.2, 0.25) is 0 Å². The first kappa shape index (κ1) is 21.2. The molecule has 6 nitrogen and oxygen atoms in total. The number of fused-ring (bicyclic) bond motifs is 1. The molecule has 31 heavy (non-hydrogen) atoms. The standard InChI is InChI=1S/C23H25F2N3O3/c1-30-23-26-20-9-8-18(27-10-12-31-13-11-27)15-21(20)28(23)22(29)5-3-2-4-16-6-7-17(24)14-19(16)25/h6-9,14-15H,2-5,10-13H2,1H3. The maximum atomic E-state index is 13.8. The summed E-state index contributed by atoms with van der Waals surface area (Å²) in [7, 11) is 1.49. The zero-order valence-electron chi connectivity index (χ0n) is 17.4. The van der Waals surface area contributed by atoms with Crippen molar-refractivity contribution in [2.24, 2.45) is 0 Å². The fraction of sp³-hybridized carbons (Fsp3) is 0.391. The largest absolute Gasteiger partial charge is 0.468 e. The van der Waals surface area contributed by atoms with Crippen LogP contribution in [0.25, 0.3) is 11.0 Å². The van der Waals surface area contributed by atoms with Crippen LogP contribution in [0.3, 0.4) is 0 Å². The summed E-state index contributed by atoms with van der Waals surface area (Å²) in [5.41, 5.74) is 2.86. The van der Waals surface area contributed by atoms with Gasteiger partial charge in [0.2, 0.25) is 5.91 Å². The Morgan fingerprint density at radius 1 is 1.13 bits per heavy atom. The van der Waals surface area contributed by atoms with E-state index in [4.69, 9.17) is 9.47 Å². The molecular formula is C23H25F2N3O3. The van der Waals surface area contributed by atoms with E-state index in [1.807, 2.05) is 18.2 Å². The van der Waals surface area contributed by atoms with Crippen molar-refractivity contribution in [2.75, 3.05) is 38.3 Å². The molecule has 0 atom stereocenters. The summed E-state index contributed by atoms with van der Waals surface area (Å²) in [6, 6.07) is 9.68. The number of anilines is 1. The number of hydrogen-bond acceptors (Lipinski definition) is 5. The number of carbonyl (C=O) groups excluding carboxylic acids is 1. The number of halogens is 2. The van der Waals surface area contributed by atoms with E-state index in [1.165, 1.54) is 23.8 Å². The average molecular weight is 429 g/mol. The Balaban J connectivity index is 1.46. The van der Waals surface area contributed by atoms with Gasteiger partial charge in [0, 0.05) is 31.3 Å². The molecule has 0 N–H and O–H groups in total. The lowest BCUT2D eigenvalue weighted by Crippen LogP contribution is -2.36. The predicted octanol–water partition coefficient (Wildman–Crippen LogP) is 4.21. The highest BCUT2D eigenvalue weighted by molar-refractivity contribution is 5.93. The van der Waals surface area contributed by atoms with Gasteiger partial charge in [0.05, 0.1) is 31.4 Å². The Morgan fingerprint density at radius 3 is 2.68 bits per heavy atom. The van der Waals surface area contributed by atoms with Crippen molar-refractivity contribution in [2.45, 2.75) is 25.7 Å². The predicted molar refractivity (Wildman–Crippen MR) is 114 cm³/mol. The first-order valence-electron chi connectivity index (χ1n) is 10.4. The molecule has 0 radical (unpaired) electrons. The average Bonchev–Trinajstić information content (AvgIpc) is 3.16. The van der Waals surface area contributed by atoms with Crippen LogP contribution < -0.4 is 9.64 Å². The number of aromatic nitrogens is 2. The van der Waals surface area contributed by atoms with Crippen LogP contribution in [-0.4, -0.2) is 48.9 Å². The van der Waals surface area contributed by atoms with Crippen molar-refractivity contribution >= 4 is 22.6 Å². The van der Waals surface area contributed by atoms with E-state index in [0.717, 1.165) is 24.8 Å². The first-order valence-corrected chi connectivity index (χ1v) is 10.4. The highest BCUT2D eigenvalue weighted by Gasteiger charge is 2.19. The highest BCUT2D eigenvalue weighted by Crippen LogP contribution is 2.27. The molecule has 0 aliphatic carbocycles. The SMILES string of the molecule is COc1nc2ccc(N3CCOCC3)cc2n1C(=O)CCCCc1ccc(F)cc1F. The number of aryl methyl sites for hydroxylation is 1. The first-order chi connectivity index (χ1) is 15.1. The molecule has 2 heterocycles. The summed E-state index contributed by atoms with van der Waals surface area (Å²) < 4.78 is 39.1. The van der Waals surface area contributed by atoms with Gasteiger partial charge < -0.3 is 14.4 Å². The number of morpholine rings is 1. The van der Waals surface area contributed by atoms with Crippen molar-refractivity contribution in [3.8, 4) is 6.01 Å². The van der Waals surface area contributed by atoms with Gasteiger partial charge in [-0.25, -0.2) is 13.3 Å². The highest BCUT2D eigenvalue weighted by atomic mass is 19.1. The zero-order valence-corrected chi connectivity index (χ0v) is 17.4. The van der Waals surface area contributed by atoms with Gasteiger partial charge in [-0.15, -0.1) is 0 Å². The summed E-state index contributed by atoms with van der Waals surface area (Å²) in [5, 5.41) is 0. The van der Waals surface area contributed by atoms with Crippen molar-refractivity contribution in [1.29, 1.82) is 0 Å². The summed E-state index contributed by atoms with van der Waals surface area (Å²) >= 11 is 0. The third-order valence-corrected chi connectivity index (χ3v) is 5.52. The van der Waals surface area contributed by atoms with Crippen LogP contribution >= 0.6 is 0 Å². The molecule has 4 rings (SSSR count). The molecule has 164 valence electrons. The van der Waals surface area contributed by atoms with E-state index in [2.05, 4.69) is 9.88 Å². The fourth-order valence-electron chi connectivity index (χ4n) is 3.87. The molecule has 0 unspecified atom stereocenters. The second-order valence-corrected chi connectivity index (χ2v) is 7.54. The van der Waals surface area contributed by atoms with Gasteiger partial charge in [-0.2, -0.15) is 4.98 Å². The van der Waals surface area contributed by atoms with E-state index in [0.29, 0.717) is 49.1 Å². The molecule has 0 spiro atoms. The van der Waals surface area contributed by atoms with Crippen LogP contribution in [0, 0.1) is 11.6 Å². The number of ether oxygens (including phenoxy) is 2. The van der Waals surface area contributed by atoms with E-state index in [9.17, 15) is 13.6 Å². The number of rotatable bonds is 7. The molecular weight excluding hydrogens is 404 g/mol. The summed E-state index contributed by atoms with van der Waals surface area (Å²) in [6.45, 7) is 2.94. The molecule has 8 heteroatoms. The Kier molecular flexibility index (Phi) is 6.46. The number of benzene rings is 2. The number of methoxy groups -OCH3 is 1. The van der Waals surface area contributed by atoms with Gasteiger partial charge in [-0.3, -0.25) is 4.79 Å². The minimum absolute atomic E-state index is 0.127. The van der Waals surface area contributed by atoms with E-state index in [-0.39, 0.29) is 18.3 Å². The smallest absolute Gasteiger partial charge is 0.304 e. The van der Waals surface area contributed by atoms with Gasteiger partial charge in [0.15, 0.2) is 0 Å². The summed E-state index contributed by atoms with van der Waals surface area (Å²) in [6.07, 6.45) is 1.90. The molecule has 1 saturated heterocycles. The van der Waals surface area contributed by atoms with Gasteiger partial charge >= 0.3 is 6.01 Å². The number of carbonyl (C=O) groups is 1. The van der Waals surface area contributed by atoms with E-state index < -0.39 is 11.6 Å². The Hall–Kier alpha value is -3.00. The van der Waals surface area contributed by atoms with Gasteiger partial charge in [-0.05, 0) is 49.1 Å². The number of imidazole rings is 1. The topological polar surface area (TPSA) is 56.6 Å². The zero-order chi connectivity index (χ0) is 21.8. The molecule has 3 aromatic rings. The summed E-state index contributed by atoms with van der Waals surface area (Å²) in [4.78, 5) is 19.6. The Labute approximate surface area is 179 Å². The lowest BCUT2D eigenvalue weighted by Gasteiger charge is -2.28. The molecule has 0 saturated carbocycles. The van der Waals surface area contributed by atoms with Crippen LogP contribution in [0.5, 0.6) is 6.01 Å². The van der Waals surface area contributed by atoms with Gasteiger partial charge in [0.1, 0.15) is 11.6 Å². The van der Waals surface area contributed by atoms with Crippen molar-refractivity contribution in [3.63, 3.8) is 0 Å². The van der Waals surface area contributed by atoms with E-state index in [1.54, 1.807) is 0 Å². The van der Waals surface area contributed by atoms with Gasteiger partial charge in [-0.1, -0.05) is 6.07 Å². The molecule has 2 aromatic carbocycles. The molecule has 1 aliphatic heterocycles. The lowest BCUT2D eigenvalue weighted by atomic mass is 10.1. The normalized spacial score (nSPS) is 14.2. The molecule has 0 bridgehead atoms. The quantitative estimate of drug-likeness (QED) is 0.527. The van der Waals surface area contributed by atoms with Crippen LogP contribution in [0.1, 0.15) is 29.6 Å². The fourth-order valence-corrected chi connectivity index (χ4v) is 3.87. The Morgan fingerprint density at radius 2 is 1.94 bits per heavy atom. The molecule has 1 fully saturated rings. The number of unbranched alkanes of at least 4 members (excludes halogenated alkanes) is 1. The monoisotopic (exact) mass is 429 g/mol. The lowest BCUT2D eigenvalue weighted by molar-refractivity contribution is 0.0893. The molecule has 1 aromatic heterocycles. The third kappa shape index (κ3) is 4.69. The van der Waals surface area contributed by atoms with Crippen LogP contribution in [0.15, 0.2) is 36.4 Å². The maximum absolute atomic E-state index is 13.8. The Bertz CT molecular complexity index is 1080. The second kappa shape index (κ2) is 9.43. The number of nitrogens with zero attached hydrogens (tertiary/aromatic N) is 3. The second-order valence-electron chi connectivity index (χ2n) is 7.54. The minimum Gasteiger partial charge on any atom is -0.468 e.